The summed E-state index contributed by atoms with van der Waals surface area (Å²) in [6.07, 6.45) is 0.975. The predicted molar refractivity (Wildman–Crippen MR) is 98.2 cm³/mol. The van der Waals surface area contributed by atoms with Gasteiger partial charge < -0.3 is 15.2 Å². The zero-order valence-corrected chi connectivity index (χ0v) is 15.2. The van der Waals surface area contributed by atoms with Crippen LogP contribution in [0.3, 0.4) is 0 Å². The molecule has 0 aliphatic carbocycles. The van der Waals surface area contributed by atoms with Crippen molar-refractivity contribution in [3.8, 4) is 5.69 Å². The van der Waals surface area contributed by atoms with Crippen molar-refractivity contribution in [2.45, 2.75) is 33.2 Å². The lowest BCUT2D eigenvalue weighted by Gasteiger charge is -2.30. The number of hydrogen-bond donors (Lipinski definition) is 2. The number of aromatic nitrogens is 1. The van der Waals surface area contributed by atoms with E-state index in [0.717, 1.165) is 42.1 Å². The summed E-state index contributed by atoms with van der Waals surface area (Å²) in [5.74, 6) is 0.463. The van der Waals surface area contributed by atoms with Crippen molar-refractivity contribution < 1.29 is 4.79 Å². The molecule has 2 heterocycles. The Morgan fingerprint density at radius 1 is 1.29 bits per heavy atom. The molecule has 1 saturated heterocycles. The Labute approximate surface area is 148 Å². The maximum Gasteiger partial charge on any atom is 0.253 e. The van der Waals surface area contributed by atoms with Crippen LogP contribution in [0.25, 0.3) is 5.69 Å². The SMILES string of the molecule is Cc1cc(C(=O)NC2CCNCC2C)c(C)n1-c1ccc(Cl)cc1. The first-order valence-corrected chi connectivity index (χ1v) is 8.81. The third-order valence-electron chi connectivity index (χ3n) is 4.86. The first-order valence-electron chi connectivity index (χ1n) is 8.44. The van der Waals surface area contributed by atoms with E-state index in [0.29, 0.717) is 10.9 Å². The van der Waals surface area contributed by atoms with Gasteiger partial charge in [0.2, 0.25) is 0 Å². The van der Waals surface area contributed by atoms with Gasteiger partial charge in [-0.1, -0.05) is 18.5 Å². The first-order chi connectivity index (χ1) is 11.5. The van der Waals surface area contributed by atoms with Crippen molar-refractivity contribution in [1.82, 2.24) is 15.2 Å². The molecule has 1 fully saturated rings. The van der Waals surface area contributed by atoms with Crippen molar-refractivity contribution in [3.05, 3.63) is 52.3 Å². The maximum absolute atomic E-state index is 12.8. The largest absolute Gasteiger partial charge is 0.349 e. The smallest absolute Gasteiger partial charge is 0.253 e. The fraction of sp³-hybridized carbons (Fsp3) is 0.421. The van der Waals surface area contributed by atoms with Crippen LogP contribution >= 0.6 is 11.6 Å². The molecule has 2 atom stereocenters. The lowest BCUT2D eigenvalue weighted by molar-refractivity contribution is 0.0913. The van der Waals surface area contributed by atoms with Gasteiger partial charge in [-0.05, 0) is 69.6 Å². The molecule has 2 N–H and O–H groups in total. The maximum atomic E-state index is 12.8. The molecule has 3 rings (SSSR count). The van der Waals surface area contributed by atoms with E-state index >= 15 is 0 Å². The van der Waals surface area contributed by atoms with E-state index in [1.807, 2.05) is 44.2 Å². The van der Waals surface area contributed by atoms with Crippen molar-refractivity contribution in [3.63, 3.8) is 0 Å². The number of piperidine rings is 1. The number of nitrogens with one attached hydrogen (secondary N) is 2. The zero-order valence-electron chi connectivity index (χ0n) is 14.4. The Bertz CT molecular complexity index is 736. The third-order valence-corrected chi connectivity index (χ3v) is 5.11. The molecule has 128 valence electrons. The number of carbonyl (C=O) groups excluding carboxylic acids is 1. The summed E-state index contributed by atoms with van der Waals surface area (Å²) in [6, 6.07) is 9.87. The number of hydrogen-bond acceptors (Lipinski definition) is 2. The van der Waals surface area contributed by atoms with E-state index in [1.54, 1.807) is 0 Å². The van der Waals surface area contributed by atoms with Gasteiger partial charge in [0, 0.05) is 28.1 Å². The van der Waals surface area contributed by atoms with Crippen LogP contribution < -0.4 is 10.6 Å². The van der Waals surface area contributed by atoms with Crippen molar-refractivity contribution in [2.75, 3.05) is 13.1 Å². The topological polar surface area (TPSA) is 46.1 Å². The summed E-state index contributed by atoms with van der Waals surface area (Å²) in [6.45, 7) is 8.09. The molecule has 1 aliphatic heterocycles. The van der Waals surface area contributed by atoms with E-state index in [1.165, 1.54) is 0 Å². The summed E-state index contributed by atoms with van der Waals surface area (Å²) in [5.41, 5.74) is 3.75. The van der Waals surface area contributed by atoms with Crippen LogP contribution in [0.5, 0.6) is 0 Å². The molecule has 24 heavy (non-hydrogen) atoms. The third kappa shape index (κ3) is 3.35. The molecule has 5 heteroatoms. The monoisotopic (exact) mass is 345 g/mol. The predicted octanol–water partition coefficient (Wildman–Crippen LogP) is 3.48. The fourth-order valence-corrected chi connectivity index (χ4v) is 3.58. The second-order valence-electron chi connectivity index (χ2n) is 6.65. The lowest BCUT2D eigenvalue weighted by atomic mass is 9.95. The Hall–Kier alpha value is -1.78. The number of nitrogens with zero attached hydrogens (tertiary/aromatic N) is 1. The standard InChI is InChI=1S/C19H24ClN3O/c1-12-11-21-9-8-18(12)22-19(24)17-10-13(2)23(14(17)3)16-6-4-15(20)5-7-16/h4-7,10,12,18,21H,8-9,11H2,1-3H3,(H,22,24). The van der Waals surface area contributed by atoms with Gasteiger partial charge in [-0.2, -0.15) is 0 Å². The molecule has 1 amide bonds. The van der Waals surface area contributed by atoms with Gasteiger partial charge in [0.05, 0.1) is 5.56 Å². The molecule has 2 aromatic rings. The van der Waals surface area contributed by atoms with Crippen LogP contribution in [-0.2, 0) is 0 Å². The molecule has 1 aromatic heterocycles. The number of rotatable bonds is 3. The van der Waals surface area contributed by atoms with Crippen LogP contribution in [0, 0.1) is 19.8 Å². The second-order valence-corrected chi connectivity index (χ2v) is 7.08. The van der Waals surface area contributed by atoms with E-state index in [9.17, 15) is 4.79 Å². The first kappa shape index (κ1) is 17.1. The van der Waals surface area contributed by atoms with Gasteiger partial charge in [-0.25, -0.2) is 0 Å². The van der Waals surface area contributed by atoms with Crippen molar-refractivity contribution in [2.24, 2.45) is 5.92 Å². The van der Waals surface area contributed by atoms with Gasteiger partial charge in [0.1, 0.15) is 0 Å². The highest BCUT2D eigenvalue weighted by Gasteiger charge is 2.25. The van der Waals surface area contributed by atoms with Crippen molar-refractivity contribution in [1.29, 1.82) is 0 Å². The number of carbonyl (C=O) groups is 1. The summed E-state index contributed by atoms with van der Waals surface area (Å²) in [7, 11) is 0. The van der Waals surface area contributed by atoms with Crippen LogP contribution in [0.1, 0.15) is 35.1 Å². The fourth-order valence-electron chi connectivity index (χ4n) is 3.45. The van der Waals surface area contributed by atoms with Gasteiger partial charge in [-0.3, -0.25) is 4.79 Å². The number of amides is 1. The number of halogens is 1. The molecular weight excluding hydrogens is 322 g/mol. The molecule has 0 saturated carbocycles. The minimum Gasteiger partial charge on any atom is -0.349 e. The van der Waals surface area contributed by atoms with Crippen LogP contribution in [0.2, 0.25) is 5.02 Å². The molecule has 0 radical (unpaired) electrons. The highest BCUT2D eigenvalue weighted by atomic mass is 35.5. The average molecular weight is 346 g/mol. The second kappa shape index (κ2) is 6.99. The molecule has 1 aromatic carbocycles. The van der Waals surface area contributed by atoms with E-state index in [-0.39, 0.29) is 11.9 Å². The number of benzene rings is 1. The van der Waals surface area contributed by atoms with Crippen LogP contribution in [0.15, 0.2) is 30.3 Å². The minimum absolute atomic E-state index is 0.0158. The van der Waals surface area contributed by atoms with Crippen molar-refractivity contribution >= 4 is 17.5 Å². The molecule has 1 aliphatic rings. The highest BCUT2D eigenvalue weighted by molar-refractivity contribution is 6.30. The Balaban J connectivity index is 1.85. The summed E-state index contributed by atoms with van der Waals surface area (Å²) in [5, 5.41) is 7.28. The molecule has 4 nitrogen and oxygen atoms in total. The summed E-state index contributed by atoms with van der Waals surface area (Å²) >= 11 is 5.98. The Kier molecular flexibility index (Phi) is 4.97. The highest BCUT2D eigenvalue weighted by Crippen LogP contribution is 2.23. The van der Waals surface area contributed by atoms with Crippen LogP contribution in [-0.4, -0.2) is 29.6 Å². The average Bonchev–Trinajstić information content (AvgIpc) is 2.85. The quantitative estimate of drug-likeness (QED) is 0.894. The lowest BCUT2D eigenvalue weighted by Crippen LogP contribution is -2.48. The van der Waals surface area contributed by atoms with Gasteiger partial charge in [0.15, 0.2) is 0 Å². The molecule has 2 unspecified atom stereocenters. The summed E-state index contributed by atoms with van der Waals surface area (Å²) < 4.78 is 2.09. The Morgan fingerprint density at radius 2 is 2.00 bits per heavy atom. The molecule has 0 bridgehead atoms. The van der Waals surface area contributed by atoms with Gasteiger partial charge >= 0.3 is 0 Å². The van der Waals surface area contributed by atoms with Gasteiger partial charge in [0.25, 0.3) is 5.91 Å². The van der Waals surface area contributed by atoms with E-state index in [4.69, 9.17) is 11.6 Å². The molecule has 0 spiro atoms. The molecular formula is C19H24ClN3O. The van der Waals surface area contributed by atoms with E-state index < -0.39 is 0 Å². The van der Waals surface area contributed by atoms with Gasteiger partial charge in [-0.15, -0.1) is 0 Å². The Morgan fingerprint density at radius 3 is 2.67 bits per heavy atom. The van der Waals surface area contributed by atoms with E-state index in [2.05, 4.69) is 22.1 Å². The normalized spacial score (nSPS) is 20.8. The zero-order chi connectivity index (χ0) is 17.3. The minimum atomic E-state index is 0.0158. The summed E-state index contributed by atoms with van der Waals surface area (Å²) in [4.78, 5) is 12.8. The van der Waals surface area contributed by atoms with Crippen LogP contribution in [0.4, 0.5) is 0 Å². The number of aryl methyl sites for hydroxylation is 1.